The van der Waals surface area contributed by atoms with Crippen LogP contribution in [0.25, 0.3) is 0 Å². The van der Waals surface area contributed by atoms with Crippen molar-refractivity contribution in [3.05, 3.63) is 24.2 Å². The van der Waals surface area contributed by atoms with Gasteiger partial charge < -0.3 is 19.7 Å². The zero-order valence-corrected chi connectivity index (χ0v) is 12.2. The molecule has 0 bridgehead atoms. The van der Waals surface area contributed by atoms with E-state index < -0.39 is 6.10 Å². The Kier molecular flexibility index (Phi) is 5.38. The third-order valence-corrected chi connectivity index (χ3v) is 3.61. The van der Waals surface area contributed by atoms with Gasteiger partial charge in [0, 0.05) is 25.4 Å². The number of aliphatic hydroxyl groups excluding tert-OH is 1. The second kappa shape index (κ2) is 7.26. The topological polar surface area (TPSA) is 82.8 Å². The van der Waals surface area contributed by atoms with Crippen molar-refractivity contribution in [1.29, 1.82) is 0 Å². The molecule has 2 amide bonds. The quantitative estimate of drug-likeness (QED) is 0.826. The molecule has 21 heavy (non-hydrogen) atoms. The molecule has 0 saturated carbocycles. The first-order chi connectivity index (χ1) is 10.1. The van der Waals surface area contributed by atoms with Crippen LogP contribution in [0.2, 0.25) is 0 Å². The Morgan fingerprint density at radius 3 is 3.00 bits per heavy atom. The van der Waals surface area contributed by atoms with Crippen LogP contribution in [0.5, 0.6) is 0 Å². The smallest absolute Gasteiger partial charge is 0.239 e. The molecule has 0 aliphatic carbocycles. The molecule has 1 saturated heterocycles. The number of nitrogens with one attached hydrogen (secondary N) is 1. The zero-order chi connectivity index (χ0) is 15.2. The monoisotopic (exact) mass is 294 g/mol. The average molecular weight is 294 g/mol. The van der Waals surface area contributed by atoms with Crippen molar-refractivity contribution in [2.45, 2.75) is 44.8 Å². The summed E-state index contributed by atoms with van der Waals surface area (Å²) in [5.74, 6) is 0.339. The molecule has 1 aromatic rings. The Morgan fingerprint density at radius 2 is 2.33 bits per heavy atom. The van der Waals surface area contributed by atoms with Crippen molar-refractivity contribution in [3.63, 3.8) is 0 Å². The summed E-state index contributed by atoms with van der Waals surface area (Å²) in [6.45, 7) is 2.57. The molecule has 116 valence electrons. The molecule has 2 rings (SSSR count). The van der Waals surface area contributed by atoms with Gasteiger partial charge in [-0.3, -0.25) is 9.59 Å². The van der Waals surface area contributed by atoms with E-state index in [0.717, 1.165) is 12.8 Å². The highest BCUT2D eigenvalue weighted by atomic mass is 16.4. The summed E-state index contributed by atoms with van der Waals surface area (Å²) in [5.41, 5.74) is 0. The Bertz CT molecular complexity index is 472. The number of hydrogen-bond donors (Lipinski definition) is 2. The number of carbonyl (C=O) groups excluding carboxylic acids is 2. The van der Waals surface area contributed by atoms with Gasteiger partial charge in [0.25, 0.3) is 0 Å². The molecule has 2 atom stereocenters. The first-order valence-corrected chi connectivity index (χ1v) is 7.35. The molecule has 1 aromatic heterocycles. The SMILES string of the molecule is CC(CC(O)c1ccco1)NC(=O)CN1CCCCC1=O. The Labute approximate surface area is 124 Å². The maximum Gasteiger partial charge on any atom is 0.239 e. The first kappa shape index (κ1) is 15.6. The second-order valence-electron chi connectivity index (χ2n) is 5.51. The van der Waals surface area contributed by atoms with Gasteiger partial charge in [0.2, 0.25) is 11.8 Å². The van der Waals surface area contributed by atoms with Crippen molar-refractivity contribution in [2.75, 3.05) is 13.1 Å². The molecule has 2 unspecified atom stereocenters. The largest absolute Gasteiger partial charge is 0.467 e. The number of carbonyl (C=O) groups is 2. The highest BCUT2D eigenvalue weighted by molar-refractivity contribution is 5.85. The van der Waals surface area contributed by atoms with Crippen LogP contribution in [-0.4, -0.2) is 41.0 Å². The lowest BCUT2D eigenvalue weighted by atomic mass is 10.1. The predicted molar refractivity (Wildman–Crippen MR) is 76.3 cm³/mol. The van der Waals surface area contributed by atoms with Gasteiger partial charge in [-0.15, -0.1) is 0 Å². The molecular formula is C15H22N2O4. The van der Waals surface area contributed by atoms with Gasteiger partial charge in [0.1, 0.15) is 11.9 Å². The van der Waals surface area contributed by atoms with E-state index in [9.17, 15) is 14.7 Å². The third kappa shape index (κ3) is 4.60. The average Bonchev–Trinajstić information content (AvgIpc) is 2.95. The van der Waals surface area contributed by atoms with Crippen molar-refractivity contribution in [1.82, 2.24) is 10.2 Å². The fourth-order valence-corrected chi connectivity index (χ4v) is 2.51. The maximum absolute atomic E-state index is 11.9. The van der Waals surface area contributed by atoms with Crippen LogP contribution in [0.4, 0.5) is 0 Å². The third-order valence-electron chi connectivity index (χ3n) is 3.61. The Balaban J connectivity index is 1.75. The first-order valence-electron chi connectivity index (χ1n) is 7.35. The fourth-order valence-electron chi connectivity index (χ4n) is 2.51. The summed E-state index contributed by atoms with van der Waals surface area (Å²) in [7, 11) is 0. The summed E-state index contributed by atoms with van der Waals surface area (Å²) in [6.07, 6.45) is 3.51. The normalized spacial score (nSPS) is 18.4. The molecule has 0 radical (unpaired) electrons. The van der Waals surface area contributed by atoms with Crippen LogP contribution in [0.3, 0.4) is 0 Å². The van der Waals surface area contributed by atoms with Gasteiger partial charge in [-0.2, -0.15) is 0 Å². The van der Waals surface area contributed by atoms with Crippen LogP contribution in [0.15, 0.2) is 22.8 Å². The minimum absolute atomic E-state index is 0.0414. The predicted octanol–water partition coefficient (Wildman–Crippen LogP) is 1.22. The van der Waals surface area contributed by atoms with Gasteiger partial charge in [-0.25, -0.2) is 0 Å². The van der Waals surface area contributed by atoms with E-state index in [1.165, 1.54) is 6.26 Å². The molecule has 6 heteroatoms. The fraction of sp³-hybridized carbons (Fsp3) is 0.600. The molecule has 0 aromatic carbocycles. The number of rotatable bonds is 6. The minimum atomic E-state index is -0.744. The summed E-state index contributed by atoms with van der Waals surface area (Å²) in [4.78, 5) is 25.2. The van der Waals surface area contributed by atoms with Gasteiger partial charge in [-0.1, -0.05) is 0 Å². The van der Waals surface area contributed by atoms with Crippen molar-refractivity contribution < 1.29 is 19.1 Å². The van der Waals surface area contributed by atoms with Gasteiger partial charge in [0.15, 0.2) is 0 Å². The number of amides is 2. The lowest BCUT2D eigenvalue weighted by Crippen LogP contribution is -2.45. The van der Waals surface area contributed by atoms with E-state index >= 15 is 0 Å². The zero-order valence-electron chi connectivity index (χ0n) is 12.2. The molecular weight excluding hydrogens is 272 g/mol. The molecule has 0 spiro atoms. The standard InChI is InChI=1S/C15H22N2O4/c1-11(9-12(18)13-5-4-8-21-13)16-14(19)10-17-7-3-2-6-15(17)20/h4-5,8,11-12,18H,2-3,6-7,9-10H2,1H3,(H,16,19). The van der Waals surface area contributed by atoms with E-state index in [-0.39, 0.29) is 24.4 Å². The van der Waals surface area contributed by atoms with Crippen LogP contribution in [0, 0.1) is 0 Å². The van der Waals surface area contributed by atoms with Gasteiger partial charge in [0.05, 0.1) is 12.8 Å². The maximum atomic E-state index is 11.9. The molecule has 1 aliphatic rings. The minimum Gasteiger partial charge on any atom is -0.467 e. The van der Waals surface area contributed by atoms with E-state index in [1.807, 2.05) is 6.92 Å². The van der Waals surface area contributed by atoms with Crippen LogP contribution in [0.1, 0.15) is 44.5 Å². The molecule has 1 fully saturated rings. The summed E-state index contributed by atoms with van der Waals surface area (Å²) in [5, 5.41) is 12.8. The summed E-state index contributed by atoms with van der Waals surface area (Å²) in [6, 6.07) is 3.22. The van der Waals surface area contributed by atoms with Crippen LogP contribution >= 0.6 is 0 Å². The van der Waals surface area contributed by atoms with Crippen LogP contribution in [-0.2, 0) is 9.59 Å². The number of hydrogen-bond acceptors (Lipinski definition) is 4. The second-order valence-corrected chi connectivity index (χ2v) is 5.51. The summed E-state index contributed by atoms with van der Waals surface area (Å²) >= 11 is 0. The molecule has 2 heterocycles. The number of piperidine rings is 1. The number of furan rings is 1. The van der Waals surface area contributed by atoms with Crippen LogP contribution < -0.4 is 5.32 Å². The van der Waals surface area contributed by atoms with E-state index in [0.29, 0.717) is 25.1 Å². The van der Waals surface area contributed by atoms with Gasteiger partial charge >= 0.3 is 0 Å². The molecule has 6 nitrogen and oxygen atoms in total. The van der Waals surface area contributed by atoms with Crippen molar-refractivity contribution in [2.24, 2.45) is 0 Å². The van der Waals surface area contributed by atoms with Crippen molar-refractivity contribution >= 4 is 11.8 Å². The number of likely N-dealkylation sites (tertiary alicyclic amines) is 1. The van der Waals surface area contributed by atoms with E-state index in [4.69, 9.17) is 4.42 Å². The highest BCUT2D eigenvalue weighted by Gasteiger charge is 2.22. The molecule has 1 aliphatic heterocycles. The van der Waals surface area contributed by atoms with E-state index in [1.54, 1.807) is 17.0 Å². The Morgan fingerprint density at radius 1 is 1.52 bits per heavy atom. The lowest BCUT2D eigenvalue weighted by molar-refractivity contribution is -0.138. The molecule has 2 N–H and O–H groups in total. The summed E-state index contributed by atoms with van der Waals surface area (Å²) < 4.78 is 5.12. The highest BCUT2D eigenvalue weighted by Crippen LogP contribution is 2.18. The van der Waals surface area contributed by atoms with E-state index in [2.05, 4.69) is 5.32 Å². The Hall–Kier alpha value is -1.82. The van der Waals surface area contributed by atoms with Gasteiger partial charge in [-0.05, 0) is 31.9 Å². The van der Waals surface area contributed by atoms with Crippen molar-refractivity contribution in [3.8, 4) is 0 Å². The number of nitrogens with zero attached hydrogens (tertiary/aromatic N) is 1. The lowest BCUT2D eigenvalue weighted by Gasteiger charge is -2.27. The number of aliphatic hydroxyl groups is 1.